The number of imide groups is 1. The third kappa shape index (κ3) is 4.34. The summed E-state index contributed by atoms with van der Waals surface area (Å²) < 4.78 is 48.0. The van der Waals surface area contributed by atoms with Crippen LogP contribution in [-0.2, 0) is 23.9 Å². The quantitative estimate of drug-likeness (QED) is 0.376. The molecule has 2 amide bonds. The monoisotopic (exact) mass is 550 g/mol. The number of imidazole rings is 1. The Morgan fingerprint density at radius 2 is 1.68 bits per heavy atom. The number of aromatic nitrogens is 3. The van der Waals surface area contributed by atoms with Crippen LogP contribution in [0.15, 0.2) is 48.5 Å². The average Bonchev–Trinajstić information content (AvgIpc) is 3.40. The summed E-state index contributed by atoms with van der Waals surface area (Å²) in [6, 6.07) is 12.2. The fourth-order valence-corrected chi connectivity index (χ4v) is 5.26. The van der Waals surface area contributed by atoms with E-state index >= 15 is 0 Å². The van der Waals surface area contributed by atoms with Gasteiger partial charge in [-0.15, -0.1) is 5.10 Å². The molecule has 6 rings (SSSR count). The number of benzene rings is 2. The Balaban J connectivity index is 1.47. The third-order valence-electron chi connectivity index (χ3n) is 7.41. The van der Waals surface area contributed by atoms with Crippen molar-refractivity contribution in [2.24, 2.45) is 0 Å². The van der Waals surface area contributed by atoms with Gasteiger partial charge in [0.2, 0.25) is 0 Å². The molecule has 4 aromatic rings. The number of nitrogens with zero attached hydrogens (tertiary/aromatic N) is 5. The number of amides is 2. The summed E-state index contributed by atoms with van der Waals surface area (Å²) in [5.74, 6) is -0.359. The van der Waals surface area contributed by atoms with E-state index in [1.807, 2.05) is 4.90 Å². The number of morpholine rings is 1. The molecule has 1 fully saturated rings. The van der Waals surface area contributed by atoms with Gasteiger partial charge >= 0.3 is 6.18 Å². The molecule has 2 aromatic carbocycles. The SMILES string of the molecule is Cc1c(Cc2c(CN3C(=O)c4ccccc4C3=O)nc3c(N)cc(N4CCOCC4)nn23)cccc1C(F)(F)F. The standard InChI is InChI=1S/C28H25F3N6O3/c1-16-17(5-4-8-20(16)28(29,30)31)13-23-22(15-36-26(38)18-6-2-3-7-19(18)27(36)39)33-25-21(32)14-24(34-37(23)25)35-9-11-40-12-10-35/h2-8,14H,9-13,15,32H2,1H3. The Hall–Kier alpha value is -4.45. The second-order valence-corrected chi connectivity index (χ2v) is 9.80. The highest BCUT2D eigenvalue weighted by Crippen LogP contribution is 2.34. The normalized spacial score (nSPS) is 15.8. The molecule has 2 aliphatic heterocycles. The number of carbonyl (C=O) groups is 2. The smallest absolute Gasteiger partial charge is 0.396 e. The van der Waals surface area contributed by atoms with Crippen LogP contribution in [0.25, 0.3) is 5.65 Å². The van der Waals surface area contributed by atoms with Crippen molar-refractivity contribution in [3.63, 3.8) is 0 Å². The lowest BCUT2D eigenvalue weighted by molar-refractivity contribution is -0.138. The maximum atomic E-state index is 13.7. The number of nitrogen functional groups attached to an aromatic ring is 1. The molecular formula is C28H25F3N6O3. The number of nitrogens with two attached hydrogens (primary N) is 1. The molecule has 0 atom stereocenters. The first-order valence-electron chi connectivity index (χ1n) is 12.7. The predicted molar refractivity (Wildman–Crippen MR) is 140 cm³/mol. The van der Waals surface area contributed by atoms with E-state index in [0.717, 1.165) is 11.0 Å². The van der Waals surface area contributed by atoms with Crippen molar-refractivity contribution in [3.8, 4) is 0 Å². The first-order chi connectivity index (χ1) is 19.1. The topological polar surface area (TPSA) is 106 Å². The number of rotatable bonds is 5. The molecule has 1 saturated heterocycles. The van der Waals surface area contributed by atoms with E-state index in [2.05, 4.69) is 4.98 Å². The average molecular weight is 551 g/mol. The maximum absolute atomic E-state index is 13.7. The largest absolute Gasteiger partial charge is 0.416 e. The van der Waals surface area contributed by atoms with E-state index in [9.17, 15) is 22.8 Å². The number of carbonyl (C=O) groups excluding carboxylic acids is 2. The van der Waals surface area contributed by atoms with Crippen LogP contribution in [-0.4, -0.2) is 57.6 Å². The van der Waals surface area contributed by atoms with Gasteiger partial charge < -0.3 is 15.4 Å². The Morgan fingerprint density at radius 3 is 2.33 bits per heavy atom. The molecule has 2 aliphatic rings. The first-order valence-corrected chi connectivity index (χ1v) is 12.7. The van der Waals surface area contributed by atoms with Gasteiger partial charge in [0.25, 0.3) is 11.8 Å². The minimum absolute atomic E-state index is 0.0222. The van der Waals surface area contributed by atoms with Crippen molar-refractivity contribution < 1.29 is 27.5 Å². The maximum Gasteiger partial charge on any atom is 0.416 e. The lowest BCUT2D eigenvalue weighted by atomic mass is 9.98. The molecule has 0 unspecified atom stereocenters. The molecule has 0 bridgehead atoms. The minimum Gasteiger partial charge on any atom is -0.396 e. The Morgan fingerprint density at radius 1 is 1.00 bits per heavy atom. The van der Waals surface area contributed by atoms with E-state index in [4.69, 9.17) is 15.6 Å². The number of anilines is 2. The van der Waals surface area contributed by atoms with E-state index in [1.165, 1.54) is 17.5 Å². The Bertz CT molecular complexity index is 1620. The summed E-state index contributed by atoms with van der Waals surface area (Å²) in [5.41, 5.74) is 8.11. The van der Waals surface area contributed by atoms with Crippen LogP contribution in [0.4, 0.5) is 24.7 Å². The van der Waals surface area contributed by atoms with Gasteiger partial charge in [0, 0.05) is 25.6 Å². The fourth-order valence-electron chi connectivity index (χ4n) is 5.26. The van der Waals surface area contributed by atoms with Crippen LogP contribution in [0.2, 0.25) is 0 Å². The molecular weight excluding hydrogens is 525 g/mol. The fraction of sp³-hybridized carbons (Fsp3) is 0.286. The number of ether oxygens (including phenoxy) is 1. The molecule has 0 spiro atoms. The molecule has 2 N–H and O–H groups in total. The predicted octanol–water partition coefficient (Wildman–Crippen LogP) is 3.86. The second-order valence-electron chi connectivity index (χ2n) is 9.80. The molecule has 9 nitrogen and oxygen atoms in total. The number of hydrogen-bond donors (Lipinski definition) is 1. The molecule has 4 heterocycles. The highest BCUT2D eigenvalue weighted by atomic mass is 19.4. The van der Waals surface area contributed by atoms with Crippen molar-refractivity contribution in [2.45, 2.75) is 26.1 Å². The Kier molecular flexibility index (Phi) is 6.21. The molecule has 0 saturated carbocycles. The Labute approximate surface area is 227 Å². The molecule has 0 aliphatic carbocycles. The van der Waals surface area contributed by atoms with E-state index in [0.29, 0.717) is 71.5 Å². The van der Waals surface area contributed by atoms with E-state index in [1.54, 1.807) is 36.4 Å². The van der Waals surface area contributed by atoms with Gasteiger partial charge in [-0.3, -0.25) is 14.5 Å². The van der Waals surface area contributed by atoms with Crippen LogP contribution in [0, 0.1) is 6.92 Å². The lowest BCUT2D eigenvalue weighted by Crippen LogP contribution is -2.37. The second kappa shape index (κ2) is 9.63. The van der Waals surface area contributed by atoms with Crippen LogP contribution in [0.1, 0.15) is 48.8 Å². The van der Waals surface area contributed by atoms with Gasteiger partial charge in [0.1, 0.15) is 0 Å². The van der Waals surface area contributed by atoms with Crippen LogP contribution < -0.4 is 10.6 Å². The zero-order chi connectivity index (χ0) is 28.2. The summed E-state index contributed by atoms with van der Waals surface area (Å²) in [6.07, 6.45) is -4.50. The highest BCUT2D eigenvalue weighted by Gasteiger charge is 2.37. The van der Waals surface area contributed by atoms with E-state index < -0.39 is 23.6 Å². The summed E-state index contributed by atoms with van der Waals surface area (Å²) in [5, 5.41) is 4.76. The van der Waals surface area contributed by atoms with Crippen molar-refractivity contribution in [1.29, 1.82) is 0 Å². The van der Waals surface area contributed by atoms with Gasteiger partial charge in [0.05, 0.1) is 53.5 Å². The van der Waals surface area contributed by atoms with Crippen LogP contribution in [0.5, 0.6) is 0 Å². The number of halogens is 3. The molecule has 12 heteroatoms. The van der Waals surface area contributed by atoms with Gasteiger partial charge in [-0.05, 0) is 36.2 Å². The zero-order valence-corrected chi connectivity index (χ0v) is 21.5. The van der Waals surface area contributed by atoms with Crippen molar-refractivity contribution in [3.05, 3.63) is 87.7 Å². The summed E-state index contributed by atoms with van der Waals surface area (Å²) in [6.45, 7) is 3.46. The molecule has 40 heavy (non-hydrogen) atoms. The van der Waals surface area contributed by atoms with Crippen molar-refractivity contribution >= 4 is 29.0 Å². The van der Waals surface area contributed by atoms with Crippen molar-refractivity contribution in [2.75, 3.05) is 36.9 Å². The zero-order valence-electron chi connectivity index (χ0n) is 21.5. The first kappa shape index (κ1) is 25.8. The minimum atomic E-state index is -4.52. The van der Waals surface area contributed by atoms with Gasteiger partial charge in [-0.25, -0.2) is 9.50 Å². The molecule has 206 valence electrons. The summed E-state index contributed by atoms with van der Waals surface area (Å²) >= 11 is 0. The lowest BCUT2D eigenvalue weighted by Gasteiger charge is -2.27. The molecule has 2 aromatic heterocycles. The van der Waals surface area contributed by atoms with Gasteiger partial charge in [-0.2, -0.15) is 13.2 Å². The van der Waals surface area contributed by atoms with E-state index in [-0.39, 0.29) is 18.5 Å². The number of fused-ring (bicyclic) bond motifs is 2. The van der Waals surface area contributed by atoms with Gasteiger partial charge in [-0.1, -0.05) is 24.3 Å². The number of alkyl halides is 3. The van der Waals surface area contributed by atoms with Crippen LogP contribution in [0.3, 0.4) is 0 Å². The van der Waals surface area contributed by atoms with Gasteiger partial charge in [0.15, 0.2) is 11.5 Å². The van der Waals surface area contributed by atoms with Crippen LogP contribution >= 0.6 is 0 Å². The summed E-state index contributed by atoms with van der Waals surface area (Å²) in [7, 11) is 0. The third-order valence-corrected chi connectivity index (χ3v) is 7.41. The van der Waals surface area contributed by atoms with Crippen molar-refractivity contribution in [1.82, 2.24) is 19.5 Å². The molecule has 0 radical (unpaired) electrons. The summed E-state index contributed by atoms with van der Waals surface area (Å²) in [4.78, 5) is 34.0. The highest BCUT2D eigenvalue weighted by molar-refractivity contribution is 6.21. The number of hydrogen-bond acceptors (Lipinski definition) is 7.